The van der Waals surface area contributed by atoms with Gasteiger partial charge in [-0.05, 0) is 31.2 Å². The molecule has 0 spiro atoms. The van der Waals surface area contributed by atoms with Crippen LogP contribution in [0.4, 0.5) is 5.69 Å². The van der Waals surface area contributed by atoms with Gasteiger partial charge in [0.25, 0.3) is 5.91 Å². The van der Waals surface area contributed by atoms with Crippen LogP contribution in [0.5, 0.6) is 0 Å². The molecule has 1 aromatic heterocycles. The van der Waals surface area contributed by atoms with Crippen LogP contribution in [0.1, 0.15) is 23.0 Å². The maximum atomic E-state index is 12.2. The van der Waals surface area contributed by atoms with E-state index in [1.165, 1.54) is 0 Å². The molecule has 0 fully saturated rings. The average Bonchev–Trinajstić information content (AvgIpc) is 3.04. The highest BCUT2D eigenvalue weighted by atomic mass is 16.5. The number of hydrogen-bond acceptors (Lipinski definition) is 4. The van der Waals surface area contributed by atoms with Gasteiger partial charge in [-0.25, -0.2) is 0 Å². The van der Waals surface area contributed by atoms with Crippen molar-refractivity contribution in [3.8, 4) is 0 Å². The fourth-order valence-electron chi connectivity index (χ4n) is 1.85. The summed E-state index contributed by atoms with van der Waals surface area (Å²) in [7, 11) is 0. The van der Waals surface area contributed by atoms with Crippen molar-refractivity contribution < 1.29 is 18.7 Å². The molecule has 6 nitrogen and oxygen atoms in total. The first-order chi connectivity index (χ1) is 10.7. The van der Waals surface area contributed by atoms with Crippen molar-refractivity contribution in [2.75, 3.05) is 18.5 Å². The van der Waals surface area contributed by atoms with E-state index in [1.54, 1.807) is 42.7 Å². The molecule has 0 bridgehead atoms. The van der Waals surface area contributed by atoms with Gasteiger partial charge in [-0.1, -0.05) is 12.1 Å². The minimum absolute atomic E-state index is 0.0428. The molecular formula is C16H18N2O4. The second-order valence-electron chi connectivity index (χ2n) is 4.49. The van der Waals surface area contributed by atoms with Gasteiger partial charge in [-0.15, -0.1) is 0 Å². The standard InChI is InChI=1S/C16H18N2O4/c1-2-21-11-15(19)18-14-8-4-3-7-13(14)16(20)17-10-12-6-5-9-22-12/h3-9H,2,10-11H2,1H3,(H,17,20)(H,18,19). The van der Waals surface area contributed by atoms with E-state index in [0.29, 0.717) is 23.6 Å². The zero-order valence-electron chi connectivity index (χ0n) is 12.3. The minimum atomic E-state index is -0.298. The summed E-state index contributed by atoms with van der Waals surface area (Å²) in [5, 5.41) is 5.41. The highest BCUT2D eigenvalue weighted by Crippen LogP contribution is 2.15. The lowest BCUT2D eigenvalue weighted by Crippen LogP contribution is -2.25. The molecule has 0 aliphatic rings. The minimum Gasteiger partial charge on any atom is -0.467 e. The lowest BCUT2D eigenvalue weighted by Gasteiger charge is -2.11. The van der Waals surface area contributed by atoms with Crippen LogP contribution in [0.25, 0.3) is 0 Å². The number of benzene rings is 1. The fourth-order valence-corrected chi connectivity index (χ4v) is 1.85. The van der Waals surface area contributed by atoms with Crippen LogP contribution in [0.3, 0.4) is 0 Å². The highest BCUT2D eigenvalue weighted by Gasteiger charge is 2.13. The normalized spacial score (nSPS) is 10.2. The maximum Gasteiger partial charge on any atom is 0.253 e. The van der Waals surface area contributed by atoms with Gasteiger partial charge in [0.2, 0.25) is 5.91 Å². The Balaban J connectivity index is 2.00. The molecule has 0 aliphatic carbocycles. The number of hydrogen-bond donors (Lipinski definition) is 2. The Morgan fingerprint density at radius 3 is 2.73 bits per heavy atom. The van der Waals surface area contributed by atoms with Gasteiger partial charge >= 0.3 is 0 Å². The molecule has 6 heteroatoms. The van der Waals surface area contributed by atoms with E-state index < -0.39 is 0 Å². The third-order valence-corrected chi connectivity index (χ3v) is 2.89. The molecule has 0 unspecified atom stereocenters. The molecule has 1 heterocycles. The number of carbonyl (C=O) groups is 2. The molecular weight excluding hydrogens is 284 g/mol. The quantitative estimate of drug-likeness (QED) is 0.821. The van der Waals surface area contributed by atoms with Crippen LogP contribution in [-0.2, 0) is 16.1 Å². The molecule has 2 N–H and O–H groups in total. The van der Waals surface area contributed by atoms with Crippen LogP contribution < -0.4 is 10.6 Å². The Labute approximate surface area is 128 Å². The Morgan fingerprint density at radius 1 is 1.18 bits per heavy atom. The maximum absolute atomic E-state index is 12.2. The lowest BCUT2D eigenvalue weighted by atomic mass is 10.1. The van der Waals surface area contributed by atoms with Gasteiger partial charge in [-0.2, -0.15) is 0 Å². The lowest BCUT2D eigenvalue weighted by molar-refractivity contribution is -0.120. The van der Waals surface area contributed by atoms with Gasteiger partial charge in [0, 0.05) is 6.61 Å². The smallest absolute Gasteiger partial charge is 0.253 e. The van der Waals surface area contributed by atoms with Gasteiger partial charge in [0.15, 0.2) is 0 Å². The van der Waals surface area contributed by atoms with E-state index >= 15 is 0 Å². The van der Waals surface area contributed by atoms with E-state index in [4.69, 9.17) is 9.15 Å². The van der Waals surface area contributed by atoms with Crippen molar-refractivity contribution in [3.05, 3.63) is 54.0 Å². The summed E-state index contributed by atoms with van der Waals surface area (Å²) in [6.07, 6.45) is 1.55. The molecule has 116 valence electrons. The van der Waals surface area contributed by atoms with Gasteiger partial charge in [-0.3, -0.25) is 9.59 Å². The van der Waals surface area contributed by atoms with E-state index in [9.17, 15) is 9.59 Å². The summed E-state index contributed by atoms with van der Waals surface area (Å²) < 4.78 is 10.2. The monoisotopic (exact) mass is 302 g/mol. The largest absolute Gasteiger partial charge is 0.467 e. The van der Waals surface area contributed by atoms with Crippen molar-refractivity contribution in [1.29, 1.82) is 0 Å². The van der Waals surface area contributed by atoms with Crippen LogP contribution in [-0.4, -0.2) is 25.0 Å². The van der Waals surface area contributed by atoms with Crippen LogP contribution >= 0.6 is 0 Å². The van der Waals surface area contributed by atoms with E-state index in [-0.39, 0.29) is 25.0 Å². The molecule has 1 aromatic carbocycles. The molecule has 0 atom stereocenters. The van der Waals surface area contributed by atoms with E-state index in [0.717, 1.165) is 0 Å². The first-order valence-corrected chi connectivity index (χ1v) is 6.98. The number of rotatable bonds is 7. The molecule has 0 radical (unpaired) electrons. The zero-order valence-corrected chi connectivity index (χ0v) is 12.3. The van der Waals surface area contributed by atoms with E-state index in [2.05, 4.69) is 10.6 Å². The molecule has 2 amide bonds. The van der Waals surface area contributed by atoms with Crippen LogP contribution in [0.15, 0.2) is 47.1 Å². The topological polar surface area (TPSA) is 80.6 Å². The number of carbonyl (C=O) groups excluding carboxylic acids is 2. The third-order valence-electron chi connectivity index (χ3n) is 2.89. The summed E-state index contributed by atoms with van der Waals surface area (Å²) in [6.45, 7) is 2.51. The Bertz CT molecular complexity index is 623. The van der Waals surface area contributed by atoms with Crippen molar-refractivity contribution in [3.63, 3.8) is 0 Å². The summed E-state index contributed by atoms with van der Waals surface area (Å²) in [4.78, 5) is 23.9. The van der Waals surface area contributed by atoms with Crippen molar-refractivity contribution >= 4 is 17.5 Å². The number of anilines is 1. The summed E-state index contributed by atoms with van der Waals surface area (Å²) in [5.41, 5.74) is 0.836. The second kappa shape index (κ2) is 7.99. The predicted octanol–water partition coefficient (Wildman–Crippen LogP) is 2.18. The number of nitrogens with one attached hydrogen (secondary N) is 2. The third kappa shape index (κ3) is 4.46. The predicted molar refractivity (Wildman–Crippen MR) is 81.4 cm³/mol. The molecule has 2 aromatic rings. The second-order valence-corrected chi connectivity index (χ2v) is 4.49. The summed E-state index contributed by atoms with van der Waals surface area (Å²) in [6, 6.07) is 10.3. The molecule has 0 saturated carbocycles. The van der Waals surface area contributed by atoms with Gasteiger partial charge in [0.1, 0.15) is 12.4 Å². The Hall–Kier alpha value is -2.60. The van der Waals surface area contributed by atoms with Crippen molar-refractivity contribution in [1.82, 2.24) is 5.32 Å². The number of para-hydroxylation sites is 1. The first-order valence-electron chi connectivity index (χ1n) is 6.98. The van der Waals surface area contributed by atoms with Crippen LogP contribution in [0.2, 0.25) is 0 Å². The average molecular weight is 302 g/mol. The van der Waals surface area contributed by atoms with Crippen molar-refractivity contribution in [2.45, 2.75) is 13.5 Å². The molecule has 2 rings (SSSR count). The highest BCUT2D eigenvalue weighted by molar-refractivity contribution is 6.03. The molecule has 0 aliphatic heterocycles. The Kier molecular flexibility index (Phi) is 5.73. The number of furan rings is 1. The van der Waals surface area contributed by atoms with Gasteiger partial charge in [0.05, 0.1) is 24.1 Å². The Morgan fingerprint density at radius 2 is 2.00 bits per heavy atom. The van der Waals surface area contributed by atoms with Crippen LogP contribution in [0, 0.1) is 0 Å². The number of ether oxygens (including phenoxy) is 1. The number of amides is 2. The summed E-state index contributed by atoms with van der Waals surface area (Å²) in [5.74, 6) is 0.0723. The summed E-state index contributed by atoms with van der Waals surface area (Å²) >= 11 is 0. The van der Waals surface area contributed by atoms with Crippen molar-refractivity contribution in [2.24, 2.45) is 0 Å². The first kappa shape index (κ1) is 15.8. The zero-order chi connectivity index (χ0) is 15.8. The SMILES string of the molecule is CCOCC(=O)Nc1ccccc1C(=O)NCc1ccco1. The molecule has 0 saturated heterocycles. The fraction of sp³-hybridized carbons (Fsp3) is 0.250. The van der Waals surface area contributed by atoms with Gasteiger partial charge < -0.3 is 19.8 Å². The molecule has 22 heavy (non-hydrogen) atoms. The van der Waals surface area contributed by atoms with E-state index in [1.807, 2.05) is 6.92 Å².